The lowest BCUT2D eigenvalue weighted by Crippen LogP contribution is -2.30. The van der Waals surface area contributed by atoms with E-state index in [0.717, 1.165) is 29.8 Å². The second-order valence-corrected chi connectivity index (χ2v) is 4.13. The van der Waals surface area contributed by atoms with Gasteiger partial charge in [0.05, 0.1) is 24.6 Å². The van der Waals surface area contributed by atoms with E-state index in [1.54, 1.807) is 0 Å². The number of fused-ring (bicyclic) bond motifs is 1. The molecule has 0 bridgehead atoms. The number of aryl methyl sites for hydroxylation is 1. The van der Waals surface area contributed by atoms with E-state index in [-0.39, 0.29) is 0 Å². The van der Waals surface area contributed by atoms with Crippen LogP contribution in [0.4, 0.5) is 0 Å². The highest BCUT2D eigenvalue weighted by Crippen LogP contribution is 2.29. The summed E-state index contributed by atoms with van der Waals surface area (Å²) in [7, 11) is 0. The number of hydrogen-bond donors (Lipinski definition) is 0. The van der Waals surface area contributed by atoms with Crippen molar-refractivity contribution in [2.24, 2.45) is 0 Å². The smallest absolute Gasteiger partial charge is 0.145 e. The molecule has 0 atom stereocenters. The molecular formula is C12H16ClN3O. The van der Waals surface area contributed by atoms with E-state index in [0.29, 0.717) is 11.2 Å². The first-order valence-electron chi connectivity index (χ1n) is 5.83. The van der Waals surface area contributed by atoms with Crippen LogP contribution in [0.5, 0.6) is 0 Å². The van der Waals surface area contributed by atoms with Crippen molar-refractivity contribution in [1.29, 1.82) is 0 Å². The first kappa shape index (κ1) is 12.3. The van der Waals surface area contributed by atoms with Crippen LogP contribution in [0.2, 0.25) is 5.15 Å². The van der Waals surface area contributed by atoms with Gasteiger partial charge in [-0.25, -0.2) is 9.97 Å². The van der Waals surface area contributed by atoms with E-state index in [4.69, 9.17) is 16.3 Å². The Morgan fingerprint density at radius 1 is 1.35 bits per heavy atom. The van der Waals surface area contributed by atoms with Gasteiger partial charge in [-0.15, -0.1) is 0 Å². The van der Waals surface area contributed by atoms with Gasteiger partial charge in [0.2, 0.25) is 0 Å². The fraction of sp³-hybridized carbons (Fsp3) is 0.500. The largest absolute Gasteiger partial charge is 0.377 e. The van der Waals surface area contributed by atoms with Crippen LogP contribution in [0.15, 0.2) is 12.5 Å². The summed E-state index contributed by atoms with van der Waals surface area (Å²) in [5.41, 5.74) is 2.02. The predicted octanol–water partition coefficient (Wildman–Crippen LogP) is 2.99. The predicted molar refractivity (Wildman–Crippen MR) is 68.5 cm³/mol. The molecular weight excluding hydrogens is 238 g/mol. The van der Waals surface area contributed by atoms with E-state index in [2.05, 4.69) is 20.7 Å². The van der Waals surface area contributed by atoms with Crippen LogP contribution in [0, 0.1) is 6.92 Å². The van der Waals surface area contributed by atoms with E-state index in [1.165, 1.54) is 6.33 Å². The molecule has 3 rings (SSSR count). The van der Waals surface area contributed by atoms with Crippen molar-refractivity contribution in [2.45, 2.75) is 26.8 Å². The summed E-state index contributed by atoms with van der Waals surface area (Å²) in [6.07, 6.45) is 3.57. The fourth-order valence-corrected chi connectivity index (χ4v) is 2.16. The topological polar surface area (TPSA) is 39.9 Å². The van der Waals surface area contributed by atoms with E-state index in [1.807, 2.05) is 20.8 Å². The molecule has 2 aromatic heterocycles. The zero-order chi connectivity index (χ0) is 12.4. The number of hydrogen-bond acceptors (Lipinski definition) is 3. The minimum absolute atomic E-state index is 0.396. The van der Waals surface area contributed by atoms with Crippen LogP contribution < -0.4 is 0 Å². The molecule has 0 aliphatic carbocycles. The highest BCUT2D eigenvalue weighted by Gasteiger charge is 2.23. The normalized spacial score (nSPS) is 15.3. The van der Waals surface area contributed by atoms with Gasteiger partial charge in [0.1, 0.15) is 17.1 Å². The first-order valence-corrected chi connectivity index (χ1v) is 6.20. The lowest BCUT2D eigenvalue weighted by molar-refractivity contribution is -0.0216. The minimum atomic E-state index is 0.396. The molecule has 1 aliphatic heterocycles. The maximum absolute atomic E-state index is 6.05. The summed E-state index contributed by atoms with van der Waals surface area (Å²) in [5.74, 6) is 0. The van der Waals surface area contributed by atoms with E-state index in [9.17, 15) is 0 Å². The van der Waals surface area contributed by atoms with Crippen molar-refractivity contribution in [3.05, 3.63) is 23.2 Å². The Morgan fingerprint density at radius 3 is 2.65 bits per heavy atom. The Kier molecular flexibility index (Phi) is 3.64. The highest BCUT2D eigenvalue weighted by molar-refractivity contribution is 6.34. The number of nitrogens with zero attached hydrogens (tertiary/aromatic N) is 3. The van der Waals surface area contributed by atoms with Crippen LogP contribution in [-0.4, -0.2) is 27.7 Å². The number of rotatable bonds is 1. The fourth-order valence-electron chi connectivity index (χ4n) is 1.89. The lowest BCUT2D eigenvalue weighted by Gasteiger charge is -2.27. The second-order valence-electron chi connectivity index (χ2n) is 3.77. The second kappa shape index (κ2) is 5.02. The molecule has 5 heteroatoms. The van der Waals surface area contributed by atoms with Gasteiger partial charge in [0.15, 0.2) is 0 Å². The van der Waals surface area contributed by atoms with E-state index < -0.39 is 0 Å². The van der Waals surface area contributed by atoms with Crippen LogP contribution in [0.3, 0.4) is 0 Å². The van der Waals surface area contributed by atoms with Gasteiger partial charge < -0.3 is 9.30 Å². The van der Waals surface area contributed by atoms with Crippen LogP contribution in [-0.2, 0) is 4.74 Å². The van der Waals surface area contributed by atoms with Crippen molar-refractivity contribution < 1.29 is 4.74 Å². The number of ether oxygens (including phenoxy) is 1. The standard InChI is InChI=1S/C10H10ClN3O.C2H6/c1-6-2-14(7-3-15-4-7)10-8(6)9(11)12-5-13-10;1-2/h2,5,7H,3-4H2,1H3;1-2H3. The highest BCUT2D eigenvalue weighted by atomic mass is 35.5. The Hall–Kier alpha value is -1.13. The van der Waals surface area contributed by atoms with Gasteiger partial charge in [-0.1, -0.05) is 25.4 Å². The summed E-state index contributed by atoms with van der Waals surface area (Å²) >= 11 is 6.05. The zero-order valence-corrected chi connectivity index (χ0v) is 11.0. The molecule has 0 N–H and O–H groups in total. The molecule has 4 nitrogen and oxygen atoms in total. The molecule has 0 unspecified atom stereocenters. The molecule has 0 radical (unpaired) electrons. The molecule has 0 spiro atoms. The number of halogens is 1. The maximum atomic E-state index is 6.05. The molecule has 92 valence electrons. The van der Waals surface area contributed by atoms with Crippen molar-refractivity contribution in [3.63, 3.8) is 0 Å². The summed E-state index contributed by atoms with van der Waals surface area (Å²) in [6.45, 7) is 7.53. The monoisotopic (exact) mass is 253 g/mol. The molecule has 0 saturated carbocycles. The Bertz CT molecular complexity index is 520. The molecule has 1 aliphatic rings. The van der Waals surface area contributed by atoms with Gasteiger partial charge in [-0.05, 0) is 12.5 Å². The zero-order valence-electron chi connectivity index (χ0n) is 10.3. The summed E-state index contributed by atoms with van der Waals surface area (Å²) in [5, 5.41) is 1.47. The third-order valence-corrected chi connectivity index (χ3v) is 3.05. The van der Waals surface area contributed by atoms with Gasteiger partial charge in [0, 0.05) is 6.20 Å². The minimum Gasteiger partial charge on any atom is -0.377 e. The Balaban J connectivity index is 0.000000514. The maximum Gasteiger partial charge on any atom is 0.145 e. The lowest BCUT2D eigenvalue weighted by atomic mass is 10.2. The third-order valence-electron chi connectivity index (χ3n) is 2.77. The molecule has 1 fully saturated rings. The Morgan fingerprint density at radius 2 is 2.06 bits per heavy atom. The molecule has 0 amide bonds. The van der Waals surface area contributed by atoms with Crippen molar-refractivity contribution >= 4 is 22.6 Å². The Labute approximate surface area is 106 Å². The first-order chi connectivity index (χ1) is 8.27. The van der Waals surface area contributed by atoms with Crippen LogP contribution in [0.1, 0.15) is 25.5 Å². The van der Waals surface area contributed by atoms with Crippen molar-refractivity contribution in [1.82, 2.24) is 14.5 Å². The number of aromatic nitrogens is 3. The average Bonchev–Trinajstić information content (AvgIpc) is 2.58. The SMILES string of the molecule is CC.Cc1cn(C2COC2)c2ncnc(Cl)c12. The molecule has 0 aromatic carbocycles. The van der Waals surface area contributed by atoms with Gasteiger partial charge in [0.25, 0.3) is 0 Å². The quantitative estimate of drug-likeness (QED) is 0.734. The summed E-state index contributed by atoms with van der Waals surface area (Å²) in [4.78, 5) is 8.27. The van der Waals surface area contributed by atoms with Gasteiger partial charge in [-0.3, -0.25) is 0 Å². The van der Waals surface area contributed by atoms with E-state index >= 15 is 0 Å². The van der Waals surface area contributed by atoms with Gasteiger partial charge in [-0.2, -0.15) is 0 Å². The summed E-state index contributed by atoms with van der Waals surface area (Å²) in [6, 6.07) is 0.396. The van der Waals surface area contributed by atoms with Crippen LogP contribution >= 0.6 is 11.6 Å². The van der Waals surface area contributed by atoms with Crippen LogP contribution in [0.25, 0.3) is 11.0 Å². The van der Waals surface area contributed by atoms with Crippen molar-refractivity contribution in [2.75, 3.05) is 13.2 Å². The van der Waals surface area contributed by atoms with Crippen molar-refractivity contribution in [3.8, 4) is 0 Å². The molecule has 1 saturated heterocycles. The molecule has 3 heterocycles. The average molecular weight is 254 g/mol. The summed E-state index contributed by atoms with van der Waals surface area (Å²) < 4.78 is 7.31. The third kappa shape index (κ3) is 2.03. The molecule has 2 aromatic rings. The molecule has 17 heavy (non-hydrogen) atoms. The van der Waals surface area contributed by atoms with Gasteiger partial charge >= 0.3 is 0 Å².